The molecule has 1 aromatic heterocycles. The van der Waals surface area contributed by atoms with Crippen molar-refractivity contribution in [3.05, 3.63) is 82.6 Å². The summed E-state index contributed by atoms with van der Waals surface area (Å²) in [5.41, 5.74) is -0.183. The zero-order chi connectivity index (χ0) is 24.5. The molecule has 1 unspecified atom stereocenters. The number of aromatic nitrogens is 2. The van der Waals surface area contributed by atoms with Crippen LogP contribution in [0.4, 0.5) is 33.5 Å². The van der Waals surface area contributed by atoms with Gasteiger partial charge in [-0.3, -0.25) is 4.79 Å². The van der Waals surface area contributed by atoms with Crippen molar-refractivity contribution in [3.8, 4) is 0 Å². The van der Waals surface area contributed by atoms with Crippen molar-refractivity contribution in [2.45, 2.75) is 18.8 Å². The van der Waals surface area contributed by atoms with Crippen molar-refractivity contribution in [3.63, 3.8) is 0 Å². The molecule has 0 bridgehead atoms. The Labute approximate surface area is 191 Å². The minimum atomic E-state index is -4.83. The number of nitrogens with one attached hydrogen (secondary N) is 1. The SMILES string of the molecule is O=C(NCCO)c1cccc2c1CCN2c1cc(C(F)c2cc(F)cc(C(F)(F)F)c2)ncn1. The van der Waals surface area contributed by atoms with E-state index in [0.717, 1.165) is 11.9 Å². The summed E-state index contributed by atoms with van der Waals surface area (Å²) in [6.45, 7) is 0.331. The Morgan fingerprint density at radius 3 is 2.71 bits per heavy atom. The fourth-order valence-corrected chi connectivity index (χ4v) is 3.89. The Hall–Kier alpha value is -3.60. The number of aliphatic hydroxyl groups excluding tert-OH is 1. The molecule has 4 rings (SSSR count). The van der Waals surface area contributed by atoms with Crippen molar-refractivity contribution < 1.29 is 31.9 Å². The fraction of sp³-hybridized carbons (Fsp3) is 0.261. The zero-order valence-electron chi connectivity index (χ0n) is 17.6. The van der Waals surface area contributed by atoms with Crippen LogP contribution < -0.4 is 10.2 Å². The highest BCUT2D eigenvalue weighted by Gasteiger charge is 2.33. The smallest absolute Gasteiger partial charge is 0.395 e. The largest absolute Gasteiger partial charge is 0.416 e. The molecule has 0 spiro atoms. The molecule has 1 aliphatic rings. The van der Waals surface area contributed by atoms with Gasteiger partial charge in [0.1, 0.15) is 18.0 Å². The van der Waals surface area contributed by atoms with Gasteiger partial charge in [0, 0.05) is 30.4 Å². The number of carbonyl (C=O) groups is 1. The van der Waals surface area contributed by atoms with Crippen LogP contribution in [0.5, 0.6) is 0 Å². The molecule has 0 radical (unpaired) electrons. The molecule has 0 aliphatic carbocycles. The first kappa shape index (κ1) is 23.6. The average molecular weight is 478 g/mol. The van der Waals surface area contributed by atoms with E-state index in [1.54, 1.807) is 23.1 Å². The van der Waals surface area contributed by atoms with Crippen LogP contribution in [0.2, 0.25) is 0 Å². The number of hydrogen-bond donors (Lipinski definition) is 2. The highest BCUT2D eigenvalue weighted by molar-refractivity contribution is 5.98. The van der Waals surface area contributed by atoms with Crippen LogP contribution in [-0.4, -0.2) is 40.7 Å². The molecule has 2 N–H and O–H groups in total. The molecule has 0 saturated heterocycles. The maximum atomic E-state index is 15.2. The lowest BCUT2D eigenvalue weighted by molar-refractivity contribution is -0.137. The van der Waals surface area contributed by atoms with Gasteiger partial charge in [0.15, 0.2) is 6.17 Å². The Morgan fingerprint density at radius 2 is 1.97 bits per heavy atom. The number of halogens is 5. The van der Waals surface area contributed by atoms with E-state index in [4.69, 9.17) is 5.11 Å². The number of anilines is 2. The Kier molecular flexibility index (Phi) is 6.47. The first-order valence-corrected chi connectivity index (χ1v) is 10.3. The van der Waals surface area contributed by atoms with Gasteiger partial charge in [-0.1, -0.05) is 6.07 Å². The molecular weight excluding hydrogens is 459 g/mol. The third-order valence-corrected chi connectivity index (χ3v) is 5.42. The van der Waals surface area contributed by atoms with E-state index in [1.807, 2.05) is 0 Å². The van der Waals surface area contributed by atoms with Crippen molar-refractivity contribution in [2.75, 3.05) is 24.6 Å². The molecule has 178 valence electrons. The van der Waals surface area contributed by atoms with Gasteiger partial charge >= 0.3 is 6.18 Å². The summed E-state index contributed by atoms with van der Waals surface area (Å²) in [5.74, 6) is -1.26. The molecule has 1 aliphatic heterocycles. The van der Waals surface area contributed by atoms with Crippen molar-refractivity contribution in [1.82, 2.24) is 15.3 Å². The highest BCUT2D eigenvalue weighted by atomic mass is 19.4. The summed E-state index contributed by atoms with van der Waals surface area (Å²) in [6, 6.07) is 7.94. The number of alkyl halides is 4. The lowest BCUT2D eigenvalue weighted by Gasteiger charge is -2.20. The fourth-order valence-electron chi connectivity index (χ4n) is 3.89. The lowest BCUT2D eigenvalue weighted by Crippen LogP contribution is -2.27. The number of nitrogens with zero attached hydrogens (tertiary/aromatic N) is 3. The number of carbonyl (C=O) groups excluding carboxylic acids is 1. The number of hydrogen-bond acceptors (Lipinski definition) is 5. The monoisotopic (exact) mass is 478 g/mol. The van der Waals surface area contributed by atoms with Crippen LogP contribution in [0.15, 0.2) is 48.8 Å². The first-order chi connectivity index (χ1) is 16.2. The van der Waals surface area contributed by atoms with E-state index >= 15 is 4.39 Å². The topological polar surface area (TPSA) is 78.4 Å². The van der Waals surface area contributed by atoms with Crippen LogP contribution in [0.3, 0.4) is 0 Å². The standard InChI is InChI=1S/C23H19F5N4O2/c24-15-9-13(8-14(10-15)23(26,27)28)21(25)18-11-20(31-12-30-18)32-6-4-16-17(2-1-3-19(16)32)22(34)29-5-7-33/h1-3,8-12,21,33H,4-7H2,(H,29,34). The van der Waals surface area contributed by atoms with E-state index in [0.29, 0.717) is 42.4 Å². The summed E-state index contributed by atoms with van der Waals surface area (Å²) < 4.78 is 68.0. The molecule has 0 saturated carbocycles. The third kappa shape index (κ3) is 4.69. The quantitative estimate of drug-likeness (QED) is 0.522. The summed E-state index contributed by atoms with van der Waals surface area (Å²) in [5, 5.41) is 11.5. The van der Waals surface area contributed by atoms with E-state index in [-0.39, 0.29) is 30.6 Å². The Bertz CT molecular complexity index is 1220. The molecule has 2 aromatic carbocycles. The zero-order valence-corrected chi connectivity index (χ0v) is 17.6. The van der Waals surface area contributed by atoms with Crippen LogP contribution in [0.25, 0.3) is 0 Å². The van der Waals surface area contributed by atoms with Crippen LogP contribution in [0, 0.1) is 5.82 Å². The van der Waals surface area contributed by atoms with Gasteiger partial charge in [-0.15, -0.1) is 0 Å². The average Bonchev–Trinajstić information content (AvgIpc) is 3.25. The van der Waals surface area contributed by atoms with E-state index in [2.05, 4.69) is 15.3 Å². The molecule has 3 aromatic rings. The molecular formula is C23H19F5N4O2. The van der Waals surface area contributed by atoms with Gasteiger partial charge in [-0.05, 0) is 47.9 Å². The molecule has 1 amide bonds. The molecule has 1 atom stereocenters. The molecule has 6 nitrogen and oxygen atoms in total. The van der Waals surface area contributed by atoms with Crippen molar-refractivity contribution in [2.24, 2.45) is 0 Å². The second-order valence-corrected chi connectivity index (χ2v) is 7.62. The normalized spacial score (nSPS) is 14.1. The van der Waals surface area contributed by atoms with Crippen molar-refractivity contribution in [1.29, 1.82) is 0 Å². The minimum Gasteiger partial charge on any atom is -0.395 e. The first-order valence-electron chi connectivity index (χ1n) is 10.3. The maximum absolute atomic E-state index is 15.2. The number of benzene rings is 2. The van der Waals surface area contributed by atoms with Crippen LogP contribution in [0.1, 0.15) is 38.9 Å². The van der Waals surface area contributed by atoms with E-state index in [9.17, 15) is 22.4 Å². The Balaban J connectivity index is 1.64. The number of aliphatic hydroxyl groups is 1. The van der Waals surface area contributed by atoms with Gasteiger partial charge in [0.05, 0.1) is 17.9 Å². The Morgan fingerprint density at radius 1 is 1.18 bits per heavy atom. The molecule has 34 heavy (non-hydrogen) atoms. The van der Waals surface area contributed by atoms with Gasteiger partial charge in [-0.2, -0.15) is 13.2 Å². The summed E-state index contributed by atoms with van der Waals surface area (Å²) in [4.78, 5) is 22.1. The van der Waals surface area contributed by atoms with Gasteiger partial charge < -0.3 is 15.3 Å². The minimum absolute atomic E-state index is 0.107. The second kappa shape index (κ2) is 9.34. The number of rotatable bonds is 6. The summed E-state index contributed by atoms with van der Waals surface area (Å²) >= 11 is 0. The predicted octanol–water partition coefficient (Wildman–Crippen LogP) is 4.11. The van der Waals surface area contributed by atoms with E-state index < -0.39 is 29.3 Å². The van der Waals surface area contributed by atoms with Crippen LogP contribution in [-0.2, 0) is 12.6 Å². The predicted molar refractivity (Wildman–Crippen MR) is 113 cm³/mol. The lowest BCUT2D eigenvalue weighted by atomic mass is 10.0. The van der Waals surface area contributed by atoms with E-state index in [1.165, 1.54) is 6.07 Å². The molecule has 0 fully saturated rings. The maximum Gasteiger partial charge on any atom is 0.416 e. The van der Waals surface area contributed by atoms with Gasteiger partial charge in [-0.25, -0.2) is 18.7 Å². The summed E-state index contributed by atoms with van der Waals surface area (Å²) in [6.07, 6.45) is -5.36. The van der Waals surface area contributed by atoms with Gasteiger partial charge in [0.25, 0.3) is 5.91 Å². The van der Waals surface area contributed by atoms with Crippen LogP contribution >= 0.6 is 0 Å². The summed E-state index contributed by atoms with van der Waals surface area (Å²) in [7, 11) is 0. The molecule has 2 heterocycles. The van der Waals surface area contributed by atoms with Gasteiger partial charge in [0.2, 0.25) is 0 Å². The number of amides is 1. The highest BCUT2D eigenvalue weighted by Crippen LogP contribution is 2.38. The number of fused-ring (bicyclic) bond motifs is 1. The second-order valence-electron chi connectivity index (χ2n) is 7.62. The third-order valence-electron chi connectivity index (χ3n) is 5.42. The van der Waals surface area contributed by atoms with Crippen molar-refractivity contribution >= 4 is 17.4 Å². The molecule has 11 heteroatoms.